The number of carbonyl (C=O) groups is 3. The van der Waals surface area contributed by atoms with Crippen molar-refractivity contribution in [3.63, 3.8) is 0 Å². The van der Waals surface area contributed by atoms with Gasteiger partial charge in [0.25, 0.3) is 4.45 Å². The lowest BCUT2D eigenvalue weighted by molar-refractivity contribution is -0.145. The molecule has 0 aromatic rings. The molecule has 0 amide bonds. The maximum absolute atomic E-state index is 10.8. The first-order valence-corrected chi connectivity index (χ1v) is 9.48. The predicted octanol–water partition coefficient (Wildman–Crippen LogP) is 3.90. The van der Waals surface area contributed by atoms with Crippen molar-refractivity contribution < 1.29 is 24.6 Å². The van der Waals surface area contributed by atoms with Crippen LogP contribution < -0.4 is 4.72 Å². The molecular weight excluding hydrogens is 362 g/mol. The zero-order valence-corrected chi connectivity index (χ0v) is 15.9. The summed E-state index contributed by atoms with van der Waals surface area (Å²) in [6, 6.07) is 0. The minimum atomic E-state index is -1.08. The van der Waals surface area contributed by atoms with Crippen LogP contribution in [0.5, 0.6) is 0 Å². The van der Waals surface area contributed by atoms with E-state index in [0.29, 0.717) is 0 Å². The Labute approximate surface area is 157 Å². The van der Waals surface area contributed by atoms with Crippen LogP contribution in [0.1, 0.15) is 45.4 Å². The van der Waals surface area contributed by atoms with Crippen LogP contribution in [0.2, 0.25) is 0 Å². The van der Waals surface area contributed by atoms with Crippen molar-refractivity contribution in [3.05, 3.63) is 23.8 Å². The Morgan fingerprint density at radius 2 is 1.92 bits per heavy atom. The monoisotopic (exact) mass is 387 g/mol. The smallest absolute Gasteiger partial charge is 0.331 e. The first kappa shape index (κ1) is 21.8. The van der Waals surface area contributed by atoms with Gasteiger partial charge in [0, 0.05) is 24.1 Å². The van der Waals surface area contributed by atoms with E-state index < -0.39 is 17.4 Å². The molecule has 0 aromatic carbocycles. The maximum atomic E-state index is 10.8. The summed E-state index contributed by atoms with van der Waals surface area (Å²) in [5.74, 6) is -1.29. The zero-order valence-electron chi connectivity index (χ0n) is 14.2. The summed E-state index contributed by atoms with van der Waals surface area (Å²) in [5.41, 5.74) is -0.949. The highest BCUT2D eigenvalue weighted by Gasteiger charge is 2.34. The third-order valence-electron chi connectivity index (χ3n) is 4.34. The second-order valence-electron chi connectivity index (χ2n) is 6.48. The van der Waals surface area contributed by atoms with Crippen molar-refractivity contribution in [2.45, 2.75) is 45.4 Å². The molecule has 0 saturated heterocycles. The Kier molecular flexibility index (Phi) is 9.31. The number of allylic oxidation sites excluding steroid dienone is 2. The van der Waals surface area contributed by atoms with E-state index in [9.17, 15) is 14.4 Å². The Bertz CT molecular complexity index is 555. The van der Waals surface area contributed by atoms with Crippen molar-refractivity contribution >= 4 is 41.0 Å². The van der Waals surface area contributed by atoms with Gasteiger partial charge in [0.05, 0.1) is 5.41 Å². The molecule has 1 atom stereocenters. The van der Waals surface area contributed by atoms with Gasteiger partial charge in [0.2, 0.25) is 0 Å². The second-order valence-corrected chi connectivity index (χ2v) is 8.05. The fraction of sp³-hybridized carbons (Fsp3) is 0.588. The number of nitrogens with one attached hydrogen (secondary N) is 1. The van der Waals surface area contributed by atoms with E-state index in [4.69, 9.17) is 10.2 Å². The third kappa shape index (κ3) is 8.11. The van der Waals surface area contributed by atoms with Gasteiger partial charge < -0.3 is 10.2 Å². The van der Waals surface area contributed by atoms with Crippen LogP contribution in [-0.4, -0.2) is 33.1 Å². The highest BCUT2D eigenvalue weighted by Crippen LogP contribution is 2.31. The molecular formula is C17H25NO5S2. The number of hydrogen-bond donors (Lipinski definition) is 4. The van der Waals surface area contributed by atoms with Crippen LogP contribution in [0.4, 0.5) is 4.79 Å². The molecule has 0 aromatic heterocycles. The van der Waals surface area contributed by atoms with E-state index in [0.717, 1.165) is 24.4 Å². The van der Waals surface area contributed by atoms with Crippen LogP contribution >= 0.6 is 24.6 Å². The van der Waals surface area contributed by atoms with Gasteiger partial charge in [-0.3, -0.25) is 14.3 Å². The average Bonchev–Trinajstić information content (AvgIpc) is 2.56. The lowest BCUT2D eigenvalue weighted by Gasteiger charge is -2.23. The lowest BCUT2D eigenvalue weighted by atomic mass is 9.80. The van der Waals surface area contributed by atoms with Crippen LogP contribution in [0.25, 0.3) is 0 Å². The lowest BCUT2D eigenvalue weighted by Crippen LogP contribution is -2.28. The summed E-state index contributed by atoms with van der Waals surface area (Å²) in [6.07, 6.45) is 11.2. The van der Waals surface area contributed by atoms with E-state index in [1.165, 1.54) is 57.3 Å². The molecule has 140 valence electrons. The normalized spacial score (nSPS) is 23.2. The van der Waals surface area contributed by atoms with E-state index in [-0.39, 0.29) is 16.4 Å². The molecule has 1 saturated carbocycles. The maximum Gasteiger partial charge on any atom is 0.331 e. The Morgan fingerprint density at radius 1 is 1.28 bits per heavy atom. The summed E-state index contributed by atoms with van der Waals surface area (Å²) < 4.78 is 2.90. The molecule has 0 spiro atoms. The fourth-order valence-corrected chi connectivity index (χ4v) is 3.43. The van der Waals surface area contributed by atoms with Crippen LogP contribution in [-0.2, 0) is 9.59 Å². The minimum absolute atomic E-state index is 0.0359. The first-order chi connectivity index (χ1) is 11.7. The molecule has 2 rings (SSSR count). The second kappa shape index (κ2) is 10.7. The molecule has 0 aliphatic heterocycles. The van der Waals surface area contributed by atoms with Crippen molar-refractivity contribution in [1.82, 2.24) is 4.72 Å². The molecule has 6 nitrogen and oxygen atoms in total. The standard InChI is InChI=1S/C9H10O4.C8H15NOS2/c1-9(8(12)13)4-2-3-6(5-9)7(10)11;10-8(11)12-9-6-7-4-2-1-3-5-7/h2-4H,5H2,1H3,(H,10,11)(H,12,13);7,9H,1-6H2,(H,10,11). The topological polar surface area (TPSA) is 104 Å². The summed E-state index contributed by atoms with van der Waals surface area (Å²) in [5, 5.41) is 17.5. The van der Waals surface area contributed by atoms with Gasteiger partial charge in [-0.05, 0) is 32.1 Å². The van der Waals surface area contributed by atoms with E-state index in [1.807, 2.05) is 0 Å². The minimum Gasteiger partial charge on any atom is -0.481 e. The van der Waals surface area contributed by atoms with Gasteiger partial charge in [-0.1, -0.05) is 50.1 Å². The number of thiol groups is 1. The quantitative estimate of drug-likeness (QED) is 0.419. The molecule has 1 unspecified atom stereocenters. The largest absolute Gasteiger partial charge is 0.481 e. The SMILES string of the molecule is CC1(C(=O)O)C=CC=C(C(=O)O)C1.O=C(S)SNCC1CCCCC1. The van der Waals surface area contributed by atoms with Gasteiger partial charge in [0.1, 0.15) is 0 Å². The number of hydrogen-bond acceptors (Lipinski definition) is 5. The number of carbonyl (C=O) groups excluding carboxylic acids is 1. The van der Waals surface area contributed by atoms with Crippen LogP contribution in [0, 0.1) is 11.3 Å². The van der Waals surface area contributed by atoms with Crippen molar-refractivity contribution in [1.29, 1.82) is 0 Å². The molecule has 0 heterocycles. The molecule has 25 heavy (non-hydrogen) atoms. The van der Waals surface area contributed by atoms with Crippen LogP contribution in [0.3, 0.4) is 0 Å². The third-order valence-corrected chi connectivity index (χ3v) is 5.10. The van der Waals surface area contributed by atoms with Crippen LogP contribution in [0.15, 0.2) is 23.8 Å². The Balaban J connectivity index is 0.000000251. The zero-order chi connectivity index (χ0) is 18.9. The van der Waals surface area contributed by atoms with Gasteiger partial charge in [-0.25, -0.2) is 4.79 Å². The molecule has 3 N–H and O–H groups in total. The highest BCUT2D eigenvalue weighted by atomic mass is 32.2. The summed E-state index contributed by atoms with van der Waals surface area (Å²) >= 11 is 4.76. The molecule has 2 aliphatic rings. The molecule has 8 heteroatoms. The van der Waals surface area contributed by atoms with Gasteiger partial charge in [-0.15, -0.1) is 0 Å². The molecule has 2 aliphatic carbocycles. The first-order valence-electron chi connectivity index (χ1n) is 8.22. The van der Waals surface area contributed by atoms with Gasteiger partial charge in [0.15, 0.2) is 0 Å². The highest BCUT2D eigenvalue weighted by molar-refractivity contribution is 8.31. The summed E-state index contributed by atoms with van der Waals surface area (Å²) in [6.45, 7) is 2.46. The number of rotatable bonds is 5. The fourth-order valence-electron chi connectivity index (χ4n) is 2.80. The summed E-state index contributed by atoms with van der Waals surface area (Å²) in [4.78, 5) is 31.8. The van der Waals surface area contributed by atoms with Gasteiger partial charge >= 0.3 is 11.9 Å². The Morgan fingerprint density at radius 3 is 2.44 bits per heavy atom. The van der Waals surface area contributed by atoms with E-state index in [1.54, 1.807) is 0 Å². The Hall–Kier alpha value is -1.25. The predicted molar refractivity (Wildman–Crippen MR) is 102 cm³/mol. The van der Waals surface area contributed by atoms with Crippen molar-refractivity contribution in [3.8, 4) is 0 Å². The van der Waals surface area contributed by atoms with Crippen molar-refractivity contribution in [2.75, 3.05) is 6.54 Å². The van der Waals surface area contributed by atoms with Gasteiger partial charge in [-0.2, -0.15) is 0 Å². The van der Waals surface area contributed by atoms with E-state index >= 15 is 0 Å². The number of carboxylic acid groups (broad SMARTS) is 2. The number of aliphatic carboxylic acids is 2. The number of carboxylic acids is 2. The average molecular weight is 388 g/mol. The van der Waals surface area contributed by atoms with E-state index in [2.05, 4.69) is 17.4 Å². The molecule has 1 fully saturated rings. The summed E-state index contributed by atoms with van der Waals surface area (Å²) in [7, 11) is 0. The molecule has 0 radical (unpaired) electrons. The molecule has 0 bridgehead atoms. The van der Waals surface area contributed by atoms with Crippen molar-refractivity contribution in [2.24, 2.45) is 11.3 Å².